The van der Waals surface area contributed by atoms with Crippen molar-refractivity contribution in [1.82, 2.24) is 0 Å². The van der Waals surface area contributed by atoms with E-state index in [2.05, 4.69) is 24.1 Å². The molecule has 0 bridgehead atoms. The molecule has 64 valence electrons. The van der Waals surface area contributed by atoms with Crippen LogP contribution in [-0.4, -0.2) is 0 Å². The van der Waals surface area contributed by atoms with Gasteiger partial charge in [-0.1, -0.05) is 18.2 Å². The lowest BCUT2D eigenvalue weighted by molar-refractivity contribution is 0.530. The van der Waals surface area contributed by atoms with Gasteiger partial charge in [-0.3, -0.25) is 0 Å². The van der Waals surface area contributed by atoms with Crippen LogP contribution in [0.2, 0.25) is 0 Å². The van der Waals surface area contributed by atoms with E-state index in [1.54, 1.807) is 4.88 Å². The lowest BCUT2D eigenvalue weighted by Crippen LogP contribution is -2.04. The van der Waals surface area contributed by atoms with Gasteiger partial charge in [-0.25, -0.2) is 0 Å². The smallest absolute Gasteiger partial charge is 0.00793 e. The molecule has 1 atom stereocenters. The van der Waals surface area contributed by atoms with E-state index in [0.717, 1.165) is 5.92 Å². The monoisotopic (exact) mass is 178 g/mol. The molecule has 0 amide bonds. The second kappa shape index (κ2) is 3.44. The summed E-state index contributed by atoms with van der Waals surface area (Å²) in [6, 6.07) is 4.41. The Labute approximate surface area is 77.9 Å². The van der Waals surface area contributed by atoms with Crippen LogP contribution in [0.5, 0.6) is 0 Å². The van der Waals surface area contributed by atoms with Gasteiger partial charge in [0.15, 0.2) is 0 Å². The van der Waals surface area contributed by atoms with Crippen molar-refractivity contribution in [2.24, 2.45) is 0 Å². The van der Waals surface area contributed by atoms with Gasteiger partial charge in [-0.15, -0.1) is 11.3 Å². The molecule has 1 aliphatic carbocycles. The van der Waals surface area contributed by atoms with E-state index in [1.165, 1.54) is 31.3 Å². The molecular formula is C11H14S. The van der Waals surface area contributed by atoms with Crippen LogP contribution < -0.4 is 0 Å². The molecule has 0 N–H and O–H groups in total. The van der Waals surface area contributed by atoms with E-state index < -0.39 is 0 Å². The Morgan fingerprint density at radius 2 is 2.42 bits per heavy atom. The minimum absolute atomic E-state index is 0.784. The quantitative estimate of drug-likeness (QED) is 0.571. The maximum atomic E-state index is 4.08. The van der Waals surface area contributed by atoms with Gasteiger partial charge >= 0.3 is 0 Å². The zero-order valence-corrected chi connectivity index (χ0v) is 8.07. The average Bonchev–Trinajstić information content (AvgIpc) is 2.56. The maximum absolute atomic E-state index is 4.08. The first kappa shape index (κ1) is 8.06. The summed E-state index contributed by atoms with van der Waals surface area (Å²) in [5.74, 6) is 0.784. The van der Waals surface area contributed by atoms with Gasteiger partial charge in [0.05, 0.1) is 0 Å². The Balaban J connectivity index is 2.09. The third-order valence-corrected chi connectivity index (χ3v) is 3.60. The lowest BCUT2D eigenvalue weighted by atomic mass is 9.85. The number of allylic oxidation sites excluding steroid dienone is 1. The lowest BCUT2D eigenvalue weighted by Gasteiger charge is -2.22. The molecular weight excluding hydrogens is 164 g/mol. The molecule has 1 aliphatic rings. The van der Waals surface area contributed by atoms with Crippen molar-refractivity contribution in [3.05, 3.63) is 34.5 Å². The predicted octanol–water partition coefficient (Wildman–Crippen LogP) is 3.96. The normalized spacial score (nSPS) is 24.3. The molecule has 1 aromatic heterocycles. The molecule has 0 aliphatic heterocycles. The van der Waals surface area contributed by atoms with Crippen LogP contribution in [0, 0.1) is 0 Å². The van der Waals surface area contributed by atoms with Gasteiger partial charge < -0.3 is 0 Å². The third-order valence-electron chi connectivity index (χ3n) is 2.56. The molecule has 1 heterocycles. The first-order chi connectivity index (χ1) is 5.86. The summed E-state index contributed by atoms with van der Waals surface area (Å²) in [5.41, 5.74) is 1.44. The molecule has 0 radical (unpaired) electrons. The Bertz CT molecular complexity index is 259. The van der Waals surface area contributed by atoms with Crippen LogP contribution in [0.15, 0.2) is 29.7 Å². The molecule has 12 heavy (non-hydrogen) atoms. The molecule has 1 aromatic rings. The van der Waals surface area contributed by atoms with Crippen LogP contribution in [0.25, 0.3) is 0 Å². The Kier molecular flexibility index (Phi) is 2.31. The number of rotatable bonds is 1. The van der Waals surface area contributed by atoms with Crippen molar-refractivity contribution in [2.75, 3.05) is 0 Å². The van der Waals surface area contributed by atoms with E-state index in [-0.39, 0.29) is 0 Å². The van der Waals surface area contributed by atoms with Crippen LogP contribution in [0.3, 0.4) is 0 Å². The highest BCUT2D eigenvalue weighted by Crippen LogP contribution is 2.36. The molecule has 2 rings (SSSR count). The van der Waals surface area contributed by atoms with Crippen molar-refractivity contribution < 1.29 is 0 Å². The van der Waals surface area contributed by atoms with Gasteiger partial charge in [0.1, 0.15) is 0 Å². The fourth-order valence-corrected chi connectivity index (χ4v) is 2.78. The molecule has 1 unspecified atom stereocenters. The Hall–Kier alpha value is -0.560. The Morgan fingerprint density at radius 1 is 1.50 bits per heavy atom. The SMILES string of the molecule is C=C1CCCC(c2cccs2)C1. The van der Waals surface area contributed by atoms with Crippen LogP contribution >= 0.6 is 11.3 Å². The molecule has 0 nitrogen and oxygen atoms in total. The van der Waals surface area contributed by atoms with E-state index >= 15 is 0 Å². The first-order valence-electron chi connectivity index (χ1n) is 4.56. The van der Waals surface area contributed by atoms with E-state index in [9.17, 15) is 0 Å². The van der Waals surface area contributed by atoms with Crippen molar-refractivity contribution in [3.8, 4) is 0 Å². The zero-order valence-electron chi connectivity index (χ0n) is 7.25. The minimum Gasteiger partial charge on any atom is -0.149 e. The van der Waals surface area contributed by atoms with Crippen LogP contribution in [0.4, 0.5) is 0 Å². The number of thiophene rings is 1. The van der Waals surface area contributed by atoms with Crippen molar-refractivity contribution >= 4 is 11.3 Å². The zero-order chi connectivity index (χ0) is 8.39. The standard InChI is InChI=1S/C11H14S/c1-9-4-2-5-10(8-9)11-6-3-7-12-11/h3,6-7,10H,1-2,4-5,8H2. The fourth-order valence-electron chi connectivity index (χ4n) is 1.92. The van der Waals surface area contributed by atoms with Gasteiger partial charge in [0.25, 0.3) is 0 Å². The van der Waals surface area contributed by atoms with Gasteiger partial charge in [0, 0.05) is 4.88 Å². The third kappa shape index (κ3) is 1.61. The summed E-state index contributed by atoms with van der Waals surface area (Å²) < 4.78 is 0. The molecule has 0 spiro atoms. The molecule has 0 saturated heterocycles. The summed E-state index contributed by atoms with van der Waals surface area (Å²) in [4.78, 5) is 1.55. The molecule has 0 aromatic carbocycles. The molecule has 1 saturated carbocycles. The molecule has 1 heteroatoms. The fraction of sp³-hybridized carbons (Fsp3) is 0.455. The predicted molar refractivity (Wildman–Crippen MR) is 54.7 cm³/mol. The van der Waals surface area contributed by atoms with Gasteiger partial charge in [-0.2, -0.15) is 0 Å². The number of hydrogen-bond donors (Lipinski definition) is 0. The van der Waals surface area contributed by atoms with Crippen LogP contribution in [0.1, 0.15) is 36.5 Å². The van der Waals surface area contributed by atoms with E-state index in [4.69, 9.17) is 0 Å². The Morgan fingerprint density at radius 3 is 3.08 bits per heavy atom. The highest BCUT2D eigenvalue weighted by atomic mass is 32.1. The second-order valence-electron chi connectivity index (χ2n) is 3.56. The van der Waals surface area contributed by atoms with E-state index in [1.807, 2.05) is 11.3 Å². The summed E-state index contributed by atoms with van der Waals surface area (Å²) in [6.07, 6.45) is 5.17. The largest absolute Gasteiger partial charge is 0.149 e. The highest BCUT2D eigenvalue weighted by Gasteiger charge is 2.17. The maximum Gasteiger partial charge on any atom is 0.00793 e. The van der Waals surface area contributed by atoms with Crippen LogP contribution in [-0.2, 0) is 0 Å². The summed E-state index contributed by atoms with van der Waals surface area (Å²) >= 11 is 1.89. The van der Waals surface area contributed by atoms with Gasteiger partial charge in [-0.05, 0) is 43.0 Å². The van der Waals surface area contributed by atoms with Gasteiger partial charge in [0.2, 0.25) is 0 Å². The summed E-state index contributed by atoms with van der Waals surface area (Å²) in [6.45, 7) is 4.08. The average molecular weight is 178 g/mol. The first-order valence-corrected chi connectivity index (χ1v) is 5.44. The molecule has 1 fully saturated rings. The minimum atomic E-state index is 0.784. The van der Waals surface area contributed by atoms with Crippen molar-refractivity contribution in [3.63, 3.8) is 0 Å². The summed E-state index contributed by atoms with van der Waals surface area (Å²) in [7, 11) is 0. The van der Waals surface area contributed by atoms with Crippen molar-refractivity contribution in [1.29, 1.82) is 0 Å². The second-order valence-corrected chi connectivity index (χ2v) is 4.54. The topological polar surface area (TPSA) is 0 Å². The van der Waals surface area contributed by atoms with E-state index in [0.29, 0.717) is 0 Å². The number of hydrogen-bond acceptors (Lipinski definition) is 1. The highest BCUT2D eigenvalue weighted by molar-refractivity contribution is 7.10. The summed E-state index contributed by atoms with van der Waals surface area (Å²) in [5, 5.41) is 2.17. The van der Waals surface area contributed by atoms with Crippen molar-refractivity contribution in [2.45, 2.75) is 31.6 Å².